The number of ether oxygens (including phenoxy) is 1. The van der Waals surface area contributed by atoms with Gasteiger partial charge in [0.05, 0.1) is 16.0 Å². The fourth-order valence-electron chi connectivity index (χ4n) is 5.35. The summed E-state index contributed by atoms with van der Waals surface area (Å²) in [5.74, 6) is 0.799. The lowest BCUT2D eigenvalue weighted by molar-refractivity contribution is 0.0793. The normalized spacial score (nSPS) is 16.4. The number of rotatable bonds is 5. The van der Waals surface area contributed by atoms with Crippen LogP contribution in [0, 0.1) is 6.92 Å². The van der Waals surface area contributed by atoms with Crippen molar-refractivity contribution in [1.82, 2.24) is 19.4 Å². The summed E-state index contributed by atoms with van der Waals surface area (Å²) in [7, 11) is 0. The zero-order valence-electron chi connectivity index (χ0n) is 20.9. The molecule has 190 valence electrons. The third-order valence-corrected chi connectivity index (χ3v) is 7.64. The van der Waals surface area contributed by atoms with E-state index >= 15 is 0 Å². The Morgan fingerprint density at radius 3 is 2.65 bits per heavy atom. The van der Waals surface area contributed by atoms with Gasteiger partial charge in [0.15, 0.2) is 5.65 Å². The molecule has 2 aromatic carbocycles. The Balaban J connectivity index is 1.47. The Morgan fingerprint density at radius 1 is 1.08 bits per heavy atom. The molecule has 6 rings (SSSR count). The topological polar surface area (TPSA) is 72.3 Å². The number of aromatic nitrogens is 3. The van der Waals surface area contributed by atoms with Gasteiger partial charge in [-0.1, -0.05) is 29.8 Å². The first-order valence-electron chi connectivity index (χ1n) is 12.9. The number of benzene rings is 2. The zero-order valence-corrected chi connectivity index (χ0v) is 21.7. The minimum atomic E-state index is 0.00134. The molecular formula is C29H30ClN5O2. The maximum Gasteiger partial charge on any atom is 0.255 e. The van der Waals surface area contributed by atoms with Gasteiger partial charge in [-0.15, -0.1) is 0 Å². The van der Waals surface area contributed by atoms with E-state index in [4.69, 9.17) is 21.3 Å². The van der Waals surface area contributed by atoms with Crippen molar-refractivity contribution in [3.05, 3.63) is 71.1 Å². The van der Waals surface area contributed by atoms with Gasteiger partial charge < -0.3 is 19.5 Å². The van der Waals surface area contributed by atoms with E-state index in [0.29, 0.717) is 10.6 Å². The molecule has 2 aliphatic rings. The van der Waals surface area contributed by atoms with E-state index in [1.807, 2.05) is 29.2 Å². The summed E-state index contributed by atoms with van der Waals surface area (Å²) in [5, 5.41) is 5.05. The van der Waals surface area contributed by atoms with Gasteiger partial charge in [0.25, 0.3) is 5.91 Å². The number of anilines is 1. The smallest absolute Gasteiger partial charge is 0.255 e. The van der Waals surface area contributed by atoms with Crippen LogP contribution in [-0.4, -0.2) is 57.7 Å². The molecule has 1 amide bonds. The summed E-state index contributed by atoms with van der Waals surface area (Å²) in [6, 6.07) is 14.4. The number of hydrogen-bond acceptors (Lipinski definition) is 5. The quantitative estimate of drug-likeness (QED) is 0.359. The van der Waals surface area contributed by atoms with E-state index in [2.05, 4.69) is 46.2 Å². The van der Waals surface area contributed by atoms with E-state index in [9.17, 15) is 4.79 Å². The van der Waals surface area contributed by atoms with Gasteiger partial charge in [0, 0.05) is 49.8 Å². The number of amides is 1. The van der Waals surface area contributed by atoms with Crippen molar-refractivity contribution in [2.75, 3.05) is 31.6 Å². The van der Waals surface area contributed by atoms with Crippen LogP contribution in [0.5, 0.6) is 0 Å². The van der Waals surface area contributed by atoms with Crippen molar-refractivity contribution < 1.29 is 9.53 Å². The van der Waals surface area contributed by atoms with Gasteiger partial charge >= 0.3 is 0 Å². The van der Waals surface area contributed by atoms with Crippen molar-refractivity contribution >= 4 is 34.4 Å². The van der Waals surface area contributed by atoms with Crippen LogP contribution in [0.25, 0.3) is 27.8 Å². The number of nitrogens with zero attached hydrogens (tertiary/aromatic N) is 4. The van der Waals surface area contributed by atoms with Gasteiger partial charge in [-0.05, 0) is 68.0 Å². The summed E-state index contributed by atoms with van der Waals surface area (Å²) in [6.45, 7) is 5.15. The fourth-order valence-corrected chi connectivity index (χ4v) is 5.61. The Morgan fingerprint density at radius 2 is 1.89 bits per heavy atom. The van der Waals surface area contributed by atoms with Crippen molar-refractivity contribution in [3.8, 4) is 16.8 Å². The summed E-state index contributed by atoms with van der Waals surface area (Å²) in [6.07, 6.45) is 7.66. The summed E-state index contributed by atoms with van der Waals surface area (Å²) >= 11 is 6.73. The maximum absolute atomic E-state index is 13.0. The van der Waals surface area contributed by atoms with Gasteiger partial charge in [0.1, 0.15) is 12.1 Å². The van der Waals surface area contributed by atoms with Crippen molar-refractivity contribution in [3.63, 3.8) is 0 Å². The van der Waals surface area contributed by atoms with Crippen molar-refractivity contribution in [2.45, 2.75) is 38.6 Å². The highest BCUT2D eigenvalue weighted by Crippen LogP contribution is 2.37. The minimum absolute atomic E-state index is 0.00134. The van der Waals surface area contributed by atoms with Crippen molar-refractivity contribution in [2.24, 2.45) is 0 Å². The zero-order chi connectivity index (χ0) is 25.4. The van der Waals surface area contributed by atoms with Crippen LogP contribution in [-0.2, 0) is 4.74 Å². The Hall–Kier alpha value is -3.42. The highest BCUT2D eigenvalue weighted by Gasteiger charge is 2.24. The first-order valence-corrected chi connectivity index (χ1v) is 13.3. The Bertz CT molecular complexity index is 1450. The largest absolute Gasteiger partial charge is 0.381 e. The molecule has 2 aromatic heterocycles. The molecule has 0 aliphatic carbocycles. The predicted molar refractivity (Wildman–Crippen MR) is 147 cm³/mol. The van der Waals surface area contributed by atoms with Crippen LogP contribution < -0.4 is 5.32 Å². The molecule has 8 heteroatoms. The molecule has 0 bridgehead atoms. The molecule has 2 fully saturated rings. The number of carbonyl (C=O) groups excluding carboxylic acids is 1. The highest BCUT2D eigenvalue weighted by molar-refractivity contribution is 6.34. The molecule has 2 saturated heterocycles. The number of likely N-dealkylation sites (tertiary alicyclic amines) is 1. The first-order chi connectivity index (χ1) is 18.1. The predicted octanol–water partition coefficient (Wildman–Crippen LogP) is 5.88. The Labute approximate surface area is 221 Å². The second-order valence-corrected chi connectivity index (χ2v) is 10.3. The molecule has 0 atom stereocenters. The SMILES string of the molecule is Cc1cccc(-n2cc(-c3ccc(C(=O)N4CCCC4)c(Cl)c3)c3c(NC4CCOCC4)ncnc32)c1. The van der Waals surface area contributed by atoms with E-state index in [0.717, 1.165) is 85.7 Å². The second-order valence-electron chi connectivity index (χ2n) is 9.90. The van der Waals surface area contributed by atoms with Crippen LogP contribution in [0.4, 0.5) is 5.82 Å². The molecular weight excluding hydrogens is 486 g/mol. The molecule has 4 heterocycles. The molecule has 1 N–H and O–H groups in total. The van der Waals surface area contributed by atoms with Gasteiger partial charge in [-0.3, -0.25) is 4.79 Å². The lowest BCUT2D eigenvalue weighted by Gasteiger charge is -2.24. The van der Waals surface area contributed by atoms with E-state index < -0.39 is 0 Å². The average molecular weight is 516 g/mol. The molecule has 37 heavy (non-hydrogen) atoms. The molecule has 0 saturated carbocycles. The van der Waals surface area contributed by atoms with E-state index in [1.165, 1.54) is 5.56 Å². The molecule has 7 nitrogen and oxygen atoms in total. The maximum atomic E-state index is 13.0. The minimum Gasteiger partial charge on any atom is -0.381 e. The molecule has 4 aromatic rings. The Kier molecular flexibility index (Phi) is 6.57. The van der Waals surface area contributed by atoms with Crippen LogP contribution in [0.1, 0.15) is 41.6 Å². The van der Waals surface area contributed by atoms with Crippen molar-refractivity contribution in [1.29, 1.82) is 0 Å². The third kappa shape index (κ3) is 4.69. The number of nitrogens with one attached hydrogen (secondary N) is 1. The van der Waals surface area contributed by atoms with Crippen LogP contribution in [0.15, 0.2) is 55.0 Å². The number of aryl methyl sites for hydroxylation is 1. The standard InChI is InChI=1S/C29H30ClN5O2/c1-19-5-4-6-22(15-19)35-17-24(20-7-8-23(25(30)16-20)29(36)34-11-2-3-12-34)26-27(31-18-32-28(26)35)33-21-9-13-37-14-10-21/h4-8,15-18,21H,2-3,9-14H2,1H3,(H,31,32,33). The second kappa shape index (κ2) is 10.1. The van der Waals surface area contributed by atoms with E-state index in [1.54, 1.807) is 6.33 Å². The fraction of sp³-hybridized carbons (Fsp3) is 0.345. The molecule has 0 unspecified atom stereocenters. The monoisotopic (exact) mass is 515 g/mol. The first kappa shape index (κ1) is 23.9. The highest BCUT2D eigenvalue weighted by atomic mass is 35.5. The van der Waals surface area contributed by atoms with Crippen LogP contribution in [0.3, 0.4) is 0 Å². The lowest BCUT2D eigenvalue weighted by Crippen LogP contribution is -2.28. The summed E-state index contributed by atoms with van der Waals surface area (Å²) < 4.78 is 7.65. The number of fused-ring (bicyclic) bond motifs is 1. The number of halogens is 1. The van der Waals surface area contributed by atoms with Gasteiger partial charge in [-0.2, -0.15) is 0 Å². The lowest BCUT2D eigenvalue weighted by atomic mass is 10.0. The van der Waals surface area contributed by atoms with Gasteiger partial charge in [0.2, 0.25) is 0 Å². The van der Waals surface area contributed by atoms with Gasteiger partial charge in [-0.25, -0.2) is 9.97 Å². The molecule has 0 radical (unpaired) electrons. The average Bonchev–Trinajstić information content (AvgIpc) is 3.58. The summed E-state index contributed by atoms with van der Waals surface area (Å²) in [4.78, 5) is 24.3. The van der Waals surface area contributed by atoms with Crippen LogP contribution >= 0.6 is 11.6 Å². The molecule has 0 spiro atoms. The number of carbonyl (C=O) groups is 1. The molecule has 2 aliphatic heterocycles. The third-order valence-electron chi connectivity index (χ3n) is 7.33. The number of hydrogen-bond donors (Lipinski definition) is 1. The summed E-state index contributed by atoms with van der Waals surface area (Å²) in [5.41, 5.74) is 5.45. The van der Waals surface area contributed by atoms with E-state index in [-0.39, 0.29) is 11.9 Å². The van der Waals surface area contributed by atoms with Crippen LogP contribution in [0.2, 0.25) is 5.02 Å².